The van der Waals surface area contributed by atoms with E-state index < -0.39 is 12.1 Å². The average Bonchev–Trinajstić information content (AvgIpc) is 1.18. The third kappa shape index (κ3) is 25.8. The number of pyridine rings is 6. The maximum Gasteiger partial charge on any atom is 0.256 e. The van der Waals surface area contributed by atoms with Gasteiger partial charge in [-0.25, -0.2) is 0 Å². The summed E-state index contributed by atoms with van der Waals surface area (Å²) in [6.07, 6.45) is 10.7. The van der Waals surface area contributed by atoms with E-state index in [0.717, 1.165) is 228 Å². The quantitative estimate of drug-likeness (QED) is 0.0251. The first-order chi connectivity index (χ1) is 70.1. The largest absolute Gasteiger partial charge is 0.336 e. The molecule has 7 aliphatic rings. The zero-order valence-corrected chi connectivity index (χ0v) is 84.7. The number of carbonyl (C=O) groups excluding carboxylic acids is 6. The van der Waals surface area contributed by atoms with Crippen molar-refractivity contribution in [1.29, 1.82) is 0 Å². The van der Waals surface area contributed by atoms with Crippen LogP contribution in [-0.4, -0.2) is 253 Å². The van der Waals surface area contributed by atoms with Crippen LogP contribution >= 0.6 is 0 Å². The van der Waals surface area contributed by atoms with Crippen molar-refractivity contribution in [3.63, 3.8) is 0 Å². The number of hydrogen-bond donors (Lipinski definition) is 11. The van der Waals surface area contributed by atoms with E-state index in [1.54, 1.807) is 14.7 Å². The first kappa shape index (κ1) is 106. The molecule has 20 rings (SSSR count). The van der Waals surface area contributed by atoms with Crippen LogP contribution in [0.1, 0.15) is 146 Å². The van der Waals surface area contributed by atoms with Crippen molar-refractivity contribution >= 4 is 100 Å². The minimum atomic E-state index is -0.578. The van der Waals surface area contributed by atoms with Crippen molar-refractivity contribution < 1.29 is 28.8 Å². The number of carbonyl (C=O) groups is 6. The number of fused-ring (bicyclic) bond motifs is 18. The Morgan fingerprint density at radius 1 is 0.379 bits per heavy atom. The van der Waals surface area contributed by atoms with Gasteiger partial charge in [0, 0.05) is 145 Å². The molecule has 14 N–H and O–H groups in total. The molecule has 764 valence electrons. The Morgan fingerprint density at radius 3 is 1.05 bits per heavy atom. The summed E-state index contributed by atoms with van der Waals surface area (Å²) in [6, 6.07) is 54.6. The van der Waals surface area contributed by atoms with E-state index in [4.69, 9.17) is 17.2 Å². The second kappa shape index (κ2) is 49.7. The van der Waals surface area contributed by atoms with Crippen LogP contribution in [0.2, 0.25) is 0 Å². The van der Waals surface area contributed by atoms with Gasteiger partial charge in [0.25, 0.3) is 33.4 Å². The number of nitrogens with zero attached hydrogens (tertiary/aromatic N) is 9. The van der Waals surface area contributed by atoms with Crippen molar-refractivity contribution in [2.24, 2.45) is 23.1 Å². The number of amides is 6. The van der Waals surface area contributed by atoms with Crippen LogP contribution in [0.5, 0.6) is 0 Å². The molecule has 1 saturated heterocycles. The van der Waals surface area contributed by atoms with Crippen LogP contribution in [-0.2, 0) is 113 Å². The Morgan fingerprint density at radius 2 is 0.703 bits per heavy atom. The molecule has 0 bridgehead atoms. The third-order valence-corrected chi connectivity index (χ3v) is 29.1. The normalized spacial score (nSPS) is 15.6. The maximum absolute atomic E-state index is 12.8. The Kier molecular flexibility index (Phi) is 36.2. The lowest BCUT2D eigenvalue weighted by Crippen LogP contribution is -2.48. The van der Waals surface area contributed by atoms with E-state index in [9.17, 15) is 57.5 Å². The first-order valence-electron chi connectivity index (χ1n) is 51.4. The molecule has 1 fully saturated rings. The van der Waals surface area contributed by atoms with Gasteiger partial charge >= 0.3 is 0 Å². The van der Waals surface area contributed by atoms with Gasteiger partial charge in [-0.1, -0.05) is 167 Å². The smallest absolute Gasteiger partial charge is 0.256 e. The van der Waals surface area contributed by atoms with Crippen molar-refractivity contribution in [3.05, 3.63) is 311 Å². The maximum atomic E-state index is 12.8. The highest BCUT2D eigenvalue weighted by molar-refractivity contribution is 5.93. The lowest BCUT2D eigenvalue weighted by molar-refractivity contribution is -0.135. The fraction of sp³-hybridized carbons (Fsp3) is 0.416. The number of hydrogen-bond acceptors (Lipinski definition) is 20. The third-order valence-electron chi connectivity index (χ3n) is 29.1. The van der Waals surface area contributed by atoms with Gasteiger partial charge in [-0.3, -0.25) is 57.5 Å². The van der Waals surface area contributed by atoms with E-state index in [1.165, 1.54) is 16.7 Å². The predicted molar refractivity (Wildman–Crippen MR) is 573 cm³/mol. The van der Waals surface area contributed by atoms with E-state index in [2.05, 4.69) is 90.2 Å². The summed E-state index contributed by atoms with van der Waals surface area (Å²) in [4.78, 5) is 184. The molecule has 0 aliphatic carbocycles. The van der Waals surface area contributed by atoms with E-state index in [0.29, 0.717) is 127 Å². The van der Waals surface area contributed by atoms with Crippen molar-refractivity contribution in [2.45, 2.75) is 175 Å². The molecule has 7 aromatic carbocycles. The van der Waals surface area contributed by atoms with Crippen molar-refractivity contribution in [2.75, 3.05) is 126 Å². The van der Waals surface area contributed by atoms with Crippen LogP contribution in [0.4, 0.5) is 0 Å². The van der Waals surface area contributed by atoms with Gasteiger partial charge in [-0.05, 0) is 251 Å². The number of aromatic nitrogens is 6. The molecule has 32 heteroatoms. The Labute approximate surface area is 843 Å². The monoisotopic (exact) mass is 1970 g/mol. The highest BCUT2D eigenvalue weighted by Crippen LogP contribution is 2.32. The summed E-state index contributed by atoms with van der Waals surface area (Å²) < 4.78 is 0. The summed E-state index contributed by atoms with van der Waals surface area (Å²) in [5, 5.41) is 17.0. The Bertz CT molecular complexity index is 7080. The fourth-order valence-electron chi connectivity index (χ4n) is 20.9. The Balaban J connectivity index is 0.000000131. The summed E-state index contributed by atoms with van der Waals surface area (Å²) in [6.45, 7) is 24.1. The molecule has 6 aromatic heterocycles. The van der Waals surface area contributed by atoms with Gasteiger partial charge in [-0.2, -0.15) is 0 Å². The lowest BCUT2D eigenvalue weighted by atomic mass is 9.96. The molecule has 13 aromatic rings. The SMILES string of the molecule is CC(C)[C@@H](N)C(=O)N1CCc2c([nH]c(=O)c3ccccc23)C1.CCN(CC)CCCNCCC(=O)N1CCc2c([nH]c(=O)c3ccccc23)C1.CN(C)CCCN(C)CCC(=O)N1CCc2c([nH]c(=O)c3ccccc23)C1.NCCC(=O)N1CCc2c([nH]c(=O)c3ccccc23)C1.N[C@H](Cc1ccccc1)C(=O)N1CCc2c([nH]c(=O)c3ccccc23)C1.O=C([C@H]1CCCN1)N1CCc2c([nH]c(=O)c3ccccc23)C1. The molecule has 6 amide bonds. The fourth-order valence-corrected chi connectivity index (χ4v) is 20.9. The summed E-state index contributed by atoms with van der Waals surface area (Å²) in [5.74, 6) is 0.502. The van der Waals surface area contributed by atoms with Gasteiger partial charge in [0.05, 0.1) is 57.4 Å². The van der Waals surface area contributed by atoms with E-state index in [-0.39, 0.29) is 80.8 Å². The molecule has 145 heavy (non-hydrogen) atoms. The van der Waals surface area contributed by atoms with Crippen LogP contribution in [0.3, 0.4) is 0 Å². The highest BCUT2D eigenvalue weighted by atomic mass is 16.2. The molecule has 0 radical (unpaired) electrons. The molecule has 0 unspecified atom stereocenters. The minimum Gasteiger partial charge on any atom is -0.336 e. The predicted octanol–water partition coefficient (Wildman–Crippen LogP) is 9.12. The topological polar surface area (TPSA) is 431 Å². The average molecular weight is 1970 g/mol. The van der Waals surface area contributed by atoms with Crippen LogP contribution in [0.15, 0.2) is 205 Å². The molecular weight excluding hydrogens is 1830 g/mol. The number of benzene rings is 7. The van der Waals surface area contributed by atoms with Gasteiger partial charge in [0.2, 0.25) is 35.4 Å². The molecule has 32 nitrogen and oxygen atoms in total. The van der Waals surface area contributed by atoms with Crippen LogP contribution < -0.4 is 61.2 Å². The standard InChI is InChI=1S/C22H32N4O2.C21H30N4O2.C21H21N3O2.C17H19N3O2.C17H21N3O2.C15H17N3O2/c1-3-25(4-2)14-7-12-23-13-10-21(27)26-15-11-18-17-8-5-6-9-19(17)22(28)24-20(18)16-26;1-23(2)11-6-12-24(3)13-10-20(26)25-14-9-17-16-7-4-5-8-18(16)21(27)22-19(17)15-25;22-18(12-14-6-2-1-3-7-14)21(26)24-11-10-16-15-8-4-5-9-17(15)20(25)23-19(16)13-24;21-16-13-5-2-1-4-11(13)12-7-9-20(10-15(12)19-16)17(22)14-6-3-8-18-14;1-10(2)15(18)17(22)20-8-7-12-11-5-3-4-6-13(11)16(21)19-14(12)9-20;16-7-5-14(19)18-8-6-11-10-3-1-2-4-12(10)15(20)17-13(11)9-18/h5-6,8-9,23H,3-4,7,10-16H2,1-2H3,(H,24,28);4-5,7-8H,6,9-15H2,1-3H3,(H,22,27);1-9,18H,10-13,22H2,(H,23,25);1-2,4-5,14,18H,3,6-10H2,(H,19,21);3-6,10,15H,7-9,18H2,1-2H3,(H,19,21);1-4H,5-9,16H2,(H,17,20)/t;;18-;14-;15-;/m..111./s1. The van der Waals surface area contributed by atoms with E-state index in [1.807, 2.05) is 204 Å². The number of H-pyrrole nitrogens is 6. The van der Waals surface area contributed by atoms with Gasteiger partial charge < -0.3 is 102 Å². The molecule has 0 spiro atoms. The van der Waals surface area contributed by atoms with E-state index >= 15 is 0 Å². The Hall–Kier alpha value is -13.7. The number of rotatable bonds is 24. The number of nitrogens with one attached hydrogen (secondary N) is 8. The van der Waals surface area contributed by atoms with Crippen LogP contribution in [0.25, 0.3) is 64.6 Å². The number of nitrogens with two attached hydrogens (primary N) is 3. The summed E-state index contributed by atoms with van der Waals surface area (Å²) in [7, 11) is 6.22. The molecule has 0 saturated carbocycles. The molecular formula is C113H140N20O12. The highest BCUT2D eigenvalue weighted by Gasteiger charge is 2.35. The summed E-state index contributed by atoms with van der Waals surface area (Å²) in [5.41, 5.74) is 30.2. The van der Waals surface area contributed by atoms with Gasteiger partial charge in [-0.15, -0.1) is 0 Å². The number of aromatic amines is 6. The molecule has 7 aliphatic heterocycles. The zero-order chi connectivity index (χ0) is 102. The van der Waals surface area contributed by atoms with Crippen molar-refractivity contribution in [1.82, 2.24) is 84.6 Å². The lowest BCUT2D eigenvalue weighted by Gasteiger charge is -2.32. The molecule has 3 atom stereocenters. The molecule has 13 heterocycles. The zero-order valence-electron chi connectivity index (χ0n) is 84.7. The van der Waals surface area contributed by atoms with Crippen molar-refractivity contribution in [3.8, 4) is 0 Å². The first-order valence-corrected chi connectivity index (χ1v) is 51.4. The van der Waals surface area contributed by atoms with Crippen LogP contribution in [0, 0.1) is 5.92 Å². The summed E-state index contributed by atoms with van der Waals surface area (Å²) >= 11 is 0. The van der Waals surface area contributed by atoms with Gasteiger partial charge in [0.1, 0.15) is 0 Å². The second-order valence-corrected chi connectivity index (χ2v) is 39.3. The van der Waals surface area contributed by atoms with Gasteiger partial charge in [0.15, 0.2) is 0 Å². The minimum absolute atomic E-state index is 0.0466. The second-order valence-electron chi connectivity index (χ2n) is 39.3.